The number of amides is 1. The van der Waals surface area contributed by atoms with Crippen molar-refractivity contribution in [2.45, 2.75) is 58.7 Å². The molecule has 6 N–H and O–H groups in total. The van der Waals surface area contributed by atoms with Crippen LogP contribution >= 0.6 is 11.6 Å². The second-order valence-electron chi connectivity index (χ2n) is 9.25. The summed E-state index contributed by atoms with van der Waals surface area (Å²) in [5.74, 6) is 0.381. The van der Waals surface area contributed by atoms with Gasteiger partial charge in [-0.05, 0) is 45.7 Å². The largest absolute Gasteiger partial charge is 0.444 e. The van der Waals surface area contributed by atoms with E-state index in [-0.39, 0.29) is 52.2 Å². The Hall–Kier alpha value is -4.11. The van der Waals surface area contributed by atoms with Crippen LogP contribution in [0.15, 0.2) is 23.0 Å². The van der Waals surface area contributed by atoms with E-state index in [0.29, 0.717) is 24.2 Å². The number of alkyl carbamates (subject to hydrolysis) is 1. The summed E-state index contributed by atoms with van der Waals surface area (Å²) in [5, 5.41) is 16.0. The standard InChI is InChI=1S/C24H30ClN9O3/c1-5-15(30-19-13(12-26)18(27)32-22(28)33-19)20-31-16-9-6-8-14(25)17(16)21(35)34(20)11-7-10-29-23(36)37-24(2,3)4/h6,8-9,15H,5,7,10-11H2,1-4H3,(H,29,36)(H5,27,28,30,32,33)/t15-/m0/s1. The molecule has 13 heteroatoms. The first kappa shape index (κ1) is 27.5. The van der Waals surface area contributed by atoms with Crippen molar-refractivity contribution in [3.05, 3.63) is 45.0 Å². The normalized spacial score (nSPS) is 12.1. The molecule has 196 valence electrons. The van der Waals surface area contributed by atoms with Gasteiger partial charge in [0.2, 0.25) is 5.95 Å². The first-order valence-electron chi connectivity index (χ1n) is 11.7. The minimum atomic E-state index is -0.622. The Bertz CT molecular complexity index is 1410. The number of rotatable bonds is 8. The molecular weight excluding hydrogens is 498 g/mol. The Morgan fingerprint density at radius 2 is 2.00 bits per heavy atom. The number of halogens is 1. The lowest BCUT2D eigenvalue weighted by Crippen LogP contribution is -2.34. The van der Waals surface area contributed by atoms with Gasteiger partial charge in [0, 0.05) is 13.1 Å². The summed E-state index contributed by atoms with van der Waals surface area (Å²) in [6, 6.07) is 6.47. The van der Waals surface area contributed by atoms with Gasteiger partial charge < -0.3 is 26.8 Å². The first-order valence-corrected chi connectivity index (χ1v) is 12.1. The second kappa shape index (κ2) is 11.3. The van der Waals surface area contributed by atoms with Crippen LogP contribution in [0.4, 0.5) is 22.4 Å². The molecule has 0 aliphatic rings. The summed E-state index contributed by atoms with van der Waals surface area (Å²) < 4.78 is 6.76. The van der Waals surface area contributed by atoms with Crippen molar-refractivity contribution in [1.82, 2.24) is 24.8 Å². The summed E-state index contributed by atoms with van der Waals surface area (Å²) in [5.41, 5.74) is 11.1. The Balaban J connectivity index is 1.98. The molecular formula is C24H30ClN9O3. The third-order valence-electron chi connectivity index (χ3n) is 5.29. The molecule has 2 aromatic heterocycles. The number of carbonyl (C=O) groups excluding carboxylic acids is 1. The summed E-state index contributed by atoms with van der Waals surface area (Å²) in [6.07, 6.45) is 0.344. The average Bonchev–Trinajstić information content (AvgIpc) is 2.79. The number of nitrogen functional groups attached to an aromatic ring is 2. The highest BCUT2D eigenvalue weighted by Crippen LogP contribution is 2.27. The summed E-state index contributed by atoms with van der Waals surface area (Å²) >= 11 is 6.35. The highest BCUT2D eigenvalue weighted by molar-refractivity contribution is 6.35. The highest BCUT2D eigenvalue weighted by atomic mass is 35.5. The molecule has 0 unspecified atom stereocenters. The molecule has 0 saturated carbocycles. The number of carbonyl (C=O) groups is 1. The van der Waals surface area contributed by atoms with Crippen LogP contribution in [0.25, 0.3) is 10.9 Å². The van der Waals surface area contributed by atoms with Gasteiger partial charge in [-0.15, -0.1) is 0 Å². The zero-order valence-corrected chi connectivity index (χ0v) is 21.9. The SMILES string of the molecule is CC[C@H](Nc1nc(N)nc(N)c1C#N)c1nc2cccc(Cl)c2c(=O)n1CCCNC(=O)OC(C)(C)C. The molecule has 1 aromatic carbocycles. The van der Waals surface area contributed by atoms with Crippen LogP contribution in [0.3, 0.4) is 0 Å². The van der Waals surface area contributed by atoms with Crippen molar-refractivity contribution >= 4 is 46.2 Å². The number of nitrogens with one attached hydrogen (secondary N) is 2. The predicted octanol–water partition coefficient (Wildman–Crippen LogP) is 3.35. The molecule has 1 amide bonds. The molecule has 3 rings (SSSR count). The van der Waals surface area contributed by atoms with Crippen molar-refractivity contribution in [2.24, 2.45) is 0 Å². The van der Waals surface area contributed by atoms with E-state index in [0.717, 1.165) is 0 Å². The van der Waals surface area contributed by atoms with E-state index in [1.54, 1.807) is 39.0 Å². The van der Waals surface area contributed by atoms with Gasteiger partial charge >= 0.3 is 6.09 Å². The Morgan fingerprint density at radius 1 is 1.27 bits per heavy atom. The summed E-state index contributed by atoms with van der Waals surface area (Å²) in [4.78, 5) is 38.3. The smallest absolute Gasteiger partial charge is 0.407 e. The van der Waals surface area contributed by atoms with Crippen LogP contribution in [-0.4, -0.2) is 37.8 Å². The zero-order valence-electron chi connectivity index (χ0n) is 21.1. The lowest BCUT2D eigenvalue weighted by atomic mass is 10.1. The number of nitriles is 1. The number of hydrogen-bond acceptors (Lipinski definition) is 10. The van der Waals surface area contributed by atoms with Gasteiger partial charge in [-0.1, -0.05) is 24.6 Å². The number of nitrogens with zero attached hydrogens (tertiary/aromatic N) is 5. The van der Waals surface area contributed by atoms with Crippen molar-refractivity contribution in [3.63, 3.8) is 0 Å². The fraction of sp³-hybridized carbons (Fsp3) is 0.417. The van der Waals surface area contributed by atoms with Crippen molar-refractivity contribution < 1.29 is 9.53 Å². The van der Waals surface area contributed by atoms with Crippen LogP contribution in [0.2, 0.25) is 5.02 Å². The lowest BCUT2D eigenvalue weighted by Gasteiger charge is -2.23. The van der Waals surface area contributed by atoms with E-state index in [2.05, 4.69) is 20.6 Å². The first-order chi connectivity index (χ1) is 17.4. The van der Waals surface area contributed by atoms with Crippen LogP contribution in [0.5, 0.6) is 0 Å². The Kier molecular flexibility index (Phi) is 8.39. The van der Waals surface area contributed by atoms with E-state index in [9.17, 15) is 14.9 Å². The van der Waals surface area contributed by atoms with Gasteiger partial charge in [0.1, 0.15) is 28.9 Å². The lowest BCUT2D eigenvalue weighted by molar-refractivity contribution is 0.0526. The van der Waals surface area contributed by atoms with Gasteiger partial charge in [0.25, 0.3) is 5.56 Å². The molecule has 0 saturated heterocycles. The fourth-order valence-electron chi connectivity index (χ4n) is 3.69. The molecule has 1 atom stereocenters. The second-order valence-corrected chi connectivity index (χ2v) is 9.66. The third-order valence-corrected chi connectivity index (χ3v) is 5.60. The molecule has 0 fully saturated rings. The molecule has 0 bridgehead atoms. The number of aromatic nitrogens is 4. The highest BCUT2D eigenvalue weighted by Gasteiger charge is 2.23. The van der Waals surface area contributed by atoms with Gasteiger partial charge in [0.15, 0.2) is 5.82 Å². The summed E-state index contributed by atoms with van der Waals surface area (Å²) in [7, 11) is 0. The summed E-state index contributed by atoms with van der Waals surface area (Å²) in [6.45, 7) is 7.71. The van der Waals surface area contributed by atoms with Gasteiger partial charge in [0.05, 0.1) is 22.0 Å². The zero-order chi connectivity index (χ0) is 27.3. The van der Waals surface area contributed by atoms with Gasteiger partial charge in [-0.25, -0.2) is 9.78 Å². The van der Waals surface area contributed by atoms with Gasteiger partial charge in [-0.2, -0.15) is 15.2 Å². The average molecular weight is 528 g/mol. The molecule has 0 aliphatic heterocycles. The van der Waals surface area contributed by atoms with E-state index in [1.165, 1.54) is 4.57 Å². The monoisotopic (exact) mass is 527 g/mol. The van der Waals surface area contributed by atoms with Crippen LogP contribution in [0.1, 0.15) is 58.0 Å². The maximum absolute atomic E-state index is 13.6. The third kappa shape index (κ3) is 6.56. The quantitative estimate of drug-likeness (QED) is 0.316. The maximum atomic E-state index is 13.6. The Morgan fingerprint density at radius 3 is 2.65 bits per heavy atom. The van der Waals surface area contributed by atoms with Crippen LogP contribution in [0, 0.1) is 11.3 Å². The molecule has 37 heavy (non-hydrogen) atoms. The van der Waals surface area contributed by atoms with Gasteiger partial charge in [-0.3, -0.25) is 9.36 Å². The predicted molar refractivity (Wildman–Crippen MR) is 142 cm³/mol. The molecule has 2 heterocycles. The van der Waals surface area contributed by atoms with E-state index in [1.807, 2.05) is 13.0 Å². The topological polar surface area (TPSA) is 187 Å². The Labute approximate surface area is 219 Å². The minimum Gasteiger partial charge on any atom is -0.444 e. The van der Waals surface area contributed by atoms with Crippen molar-refractivity contribution in [3.8, 4) is 6.07 Å². The fourth-order valence-corrected chi connectivity index (χ4v) is 3.94. The van der Waals surface area contributed by atoms with E-state index in [4.69, 9.17) is 32.8 Å². The molecule has 0 aliphatic carbocycles. The van der Waals surface area contributed by atoms with Crippen LogP contribution in [-0.2, 0) is 11.3 Å². The number of ether oxygens (including phenoxy) is 1. The number of fused-ring (bicyclic) bond motifs is 1. The molecule has 0 radical (unpaired) electrons. The van der Waals surface area contributed by atoms with Crippen LogP contribution < -0.4 is 27.7 Å². The minimum absolute atomic E-state index is 0.0342. The maximum Gasteiger partial charge on any atom is 0.407 e. The molecule has 0 spiro atoms. The molecule has 12 nitrogen and oxygen atoms in total. The molecule has 3 aromatic rings. The van der Waals surface area contributed by atoms with Crippen molar-refractivity contribution in [2.75, 3.05) is 23.3 Å². The number of hydrogen-bond donors (Lipinski definition) is 4. The number of nitrogens with two attached hydrogens (primary N) is 2. The number of anilines is 3. The van der Waals surface area contributed by atoms with E-state index >= 15 is 0 Å². The number of benzene rings is 1. The van der Waals surface area contributed by atoms with E-state index < -0.39 is 17.7 Å². The van der Waals surface area contributed by atoms with Crippen molar-refractivity contribution in [1.29, 1.82) is 5.26 Å².